The Kier molecular flexibility index (Phi) is 13.7. The Bertz CT molecular complexity index is 4160. The highest BCUT2D eigenvalue weighted by molar-refractivity contribution is 7.00. The van der Waals surface area contributed by atoms with E-state index in [4.69, 9.17) is 0 Å². The predicted octanol–water partition coefficient (Wildman–Crippen LogP) is 21.0. The molecule has 0 aliphatic carbocycles. The normalized spacial score (nSPS) is 13.1. The summed E-state index contributed by atoms with van der Waals surface area (Å²) in [6, 6.07) is 94.5. The molecular formula is C82H77BN2. The van der Waals surface area contributed by atoms with E-state index in [9.17, 15) is 0 Å². The number of benzene rings is 11. The molecule has 2 heterocycles. The highest BCUT2D eigenvalue weighted by Crippen LogP contribution is 2.55. The van der Waals surface area contributed by atoms with E-state index in [0.717, 1.165) is 11.4 Å². The molecular weight excluding hydrogens is 1020 g/mol. The van der Waals surface area contributed by atoms with E-state index in [1.54, 1.807) is 0 Å². The summed E-state index contributed by atoms with van der Waals surface area (Å²) < 4.78 is 0. The number of hydrogen-bond acceptors (Lipinski definition) is 2. The third-order valence-electron chi connectivity index (χ3n) is 17.8. The van der Waals surface area contributed by atoms with Crippen LogP contribution in [0.2, 0.25) is 0 Å². The van der Waals surface area contributed by atoms with Crippen LogP contribution in [0.15, 0.2) is 249 Å². The van der Waals surface area contributed by atoms with Gasteiger partial charge in [0.25, 0.3) is 6.71 Å². The number of para-hydroxylation sites is 2. The summed E-state index contributed by atoms with van der Waals surface area (Å²) in [6.07, 6.45) is 0. The average Bonchev–Trinajstić information content (AvgIpc) is 0.734. The van der Waals surface area contributed by atoms with Crippen molar-refractivity contribution in [3.63, 3.8) is 0 Å². The molecule has 0 atom stereocenters. The highest BCUT2D eigenvalue weighted by atomic mass is 15.2. The van der Waals surface area contributed by atoms with Crippen molar-refractivity contribution in [2.24, 2.45) is 0 Å². The summed E-state index contributed by atoms with van der Waals surface area (Å²) in [5, 5.41) is 0. The zero-order valence-electron chi connectivity index (χ0n) is 51.6. The van der Waals surface area contributed by atoms with Gasteiger partial charge in [-0.05, 0) is 129 Å². The van der Waals surface area contributed by atoms with Crippen LogP contribution in [0.3, 0.4) is 0 Å². The van der Waals surface area contributed by atoms with E-state index in [1.165, 1.54) is 128 Å². The molecule has 85 heavy (non-hydrogen) atoms. The van der Waals surface area contributed by atoms with E-state index in [-0.39, 0.29) is 28.4 Å². The minimum absolute atomic E-state index is 0.0618. The molecule has 0 aromatic heterocycles. The summed E-state index contributed by atoms with van der Waals surface area (Å²) in [5.41, 5.74) is 29.9. The van der Waals surface area contributed by atoms with E-state index in [1.807, 2.05) is 0 Å². The maximum Gasteiger partial charge on any atom is 0.252 e. The van der Waals surface area contributed by atoms with Crippen LogP contribution < -0.4 is 26.2 Å². The quantitative estimate of drug-likeness (QED) is 0.140. The van der Waals surface area contributed by atoms with Crippen LogP contribution in [0.25, 0.3) is 66.8 Å². The SMILES string of the molecule is CC(C)(C)c1cc(-c2ccc3c(c2)N(c2c(-c4ccccc4)cccc2-c2ccccc2)c2cc(C(C)(C)C)cc4c2B3c2cc(-c3ccccc3)c(C(C)(C)C)cc2N4c2c(-c3ccccc3)cccc2-c2ccccc2)cc(C(C)(C)C)c1. The summed E-state index contributed by atoms with van der Waals surface area (Å²) in [5.74, 6) is 0. The van der Waals surface area contributed by atoms with Crippen molar-refractivity contribution in [1.29, 1.82) is 0 Å². The van der Waals surface area contributed by atoms with Crippen molar-refractivity contribution in [1.82, 2.24) is 0 Å². The van der Waals surface area contributed by atoms with Gasteiger partial charge in [0.1, 0.15) is 0 Å². The fraction of sp³-hybridized carbons (Fsp3) is 0.195. The lowest BCUT2D eigenvalue weighted by molar-refractivity contribution is 0.569. The summed E-state index contributed by atoms with van der Waals surface area (Å²) >= 11 is 0. The Morgan fingerprint density at radius 3 is 0.965 bits per heavy atom. The predicted molar refractivity (Wildman–Crippen MR) is 368 cm³/mol. The number of nitrogens with zero attached hydrogens (tertiary/aromatic N) is 2. The van der Waals surface area contributed by atoms with Crippen molar-refractivity contribution in [2.45, 2.75) is 105 Å². The molecule has 2 aliphatic rings. The molecule has 0 radical (unpaired) electrons. The van der Waals surface area contributed by atoms with Crippen LogP contribution in [-0.2, 0) is 21.7 Å². The van der Waals surface area contributed by atoms with Gasteiger partial charge < -0.3 is 9.80 Å². The summed E-state index contributed by atoms with van der Waals surface area (Å²) in [7, 11) is 0. The number of anilines is 6. The Hall–Kier alpha value is -8.92. The molecule has 11 aromatic rings. The van der Waals surface area contributed by atoms with Crippen LogP contribution in [0.4, 0.5) is 34.1 Å². The van der Waals surface area contributed by atoms with E-state index >= 15 is 0 Å². The third-order valence-corrected chi connectivity index (χ3v) is 17.8. The standard InChI is InChI=1S/C82H77BN2/c1-79(2,3)61-46-60(47-62(49-61)80(4,5)6)59-44-45-70-72(48-59)84(77-64(54-30-18-13-19-31-54)40-28-41-65(77)55-32-20-14-21-33-55)74-50-63(81(7,8)9)51-75-76(74)83(70)71-52-68(58-38-26-17-27-39-58)69(82(10,11)12)53-73(71)85(75)78-66(56-34-22-15-23-35-56)42-29-43-67(78)57-36-24-16-25-37-57/h13-53H,1-12H3. The third kappa shape index (κ3) is 10.0. The molecule has 0 N–H and O–H groups in total. The van der Waals surface area contributed by atoms with Crippen molar-refractivity contribution < 1.29 is 0 Å². The van der Waals surface area contributed by atoms with Crippen LogP contribution in [0.1, 0.15) is 105 Å². The maximum absolute atomic E-state index is 2.71. The van der Waals surface area contributed by atoms with Crippen molar-refractivity contribution >= 4 is 57.2 Å². The Morgan fingerprint density at radius 2 is 0.600 bits per heavy atom. The van der Waals surface area contributed by atoms with Gasteiger partial charge in [-0.25, -0.2) is 0 Å². The van der Waals surface area contributed by atoms with E-state index < -0.39 is 0 Å². The van der Waals surface area contributed by atoms with E-state index in [2.05, 4.69) is 342 Å². The first-order valence-corrected chi connectivity index (χ1v) is 30.5. The fourth-order valence-corrected chi connectivity index (χ4v) is 13.2. The number of rotatable bonds is 8. The van der Waals surface area contributed by atoms with Crippen LogP contribution >= 0.6 is 0 Å². The first-order chi connectivity index (χ1) is 40.7. The number of fused-ring (bicyclic) bond motifs is 4. The van der Waals surface area contributed by atoms with Gasteiger partial charge in [-0.3, -0.25) is 0 Å². The van der Waals surface area contributed by atoms with Gasteiger partial charge in [0, 0.05) is 45.0 Å². The van der Waals surface area contributed by atoms with Gasteiger partial charge in [-0.1, -0.05) is 308 Å². The molecule has 2 aliphatic heterocycles. The van der Waals surface area contributed by atoms with E-state index in [0.29, 0.717) is 0 Å². The minimum atomic E-state index is -0.256. The second-order valence-corrected chi connectivity index (χ2v) is 27.8. The summed E-state index contributed by atoms with van der Waals surface area (Å²) in [4.78, 5) is 5.41. The van der Waals surface area contributed by atoms with Gasteiger partial charge >= 0.3 is 0 Å². The molecule has 0 amide bonds. The zero-order valence-corrected chi connectivity index (χ0v) is 51.6. The molecule has 2 nitrogen and oxygen atoms in total. The van der Waals surface area contributed by atoms with Gasteiger partial charge in [0.15, 0.2) is 0 Å². The zero-order chi connectivity index (χ0) is 59.2. The second kappa shape index (κ2) is 21.0. The monoisotopic (exact) mass is 1100 g/mol. The Morgan fingerprint density at radius 1 is 0.247 bits per heavy atom. The molecule has 418 valence electrons. The molecule has 0 saturated heterocycles. The van der Waals surface area contributed by atoms with Gasteiger partial charge in [0.05, 0.1) is 11.4 Å². The molecule has 11 aromatic carbocycles. The van der Waals surface area contributed by atoms with Gasteiger partial charge in [0.2, 0.25) is 0 Å². The minimum Gasteiger partial charge on any atom is -0.310 e. The topological polar surface area (TPSA) is 6.48 Å². The maximum atomic E-state index is 2.71. The molecule has 13 rings (SSSR count). The smallest absolute Gasteiger partial charge is 0.252 e. The van der Waals surface area contributed by atoms with Gasteiger partial charge in [-0.2, -0.15) is 0 Å². The fourth-order valence-electron chi connectivity index (χ4n) is 13.2. The lowest BCUT2D eigenvalue weighted by atomic mass is 9.33. The molecule has 0 bridgehead atoms. The van der Waals surface area contributed by atoms with Crippen LogP contribution in [0, 0.1) is 0 Å². The first kappa shape index (κ1) is 55.3. The van der Waals surface area contributed by atoms with Crippen LogP contribution in [0.5, 0.6) is 0 Å². The lowest BCUT2D eigenvalue weighted by Crippen LogP contribution is -2.61. The van der Waals surface area contributed by atoms with Crippen molar-refractivity contribution in [3.8, 4) is 66.8 Å². The van der Waals surface area contributed by atoms with Gasteiger partial charge in [-0.15, -0.1) is 0 Å². The Labute approximate surface area is 506 Å². The average molecular weight is 1100 g/mol. The second-order valence-electron chi connectivity index (χ2n) is 27.8. The highest BCUT2D eigenvalue weighted by Gasteiger charge is 2.47. The lowest BCUT2D eigenvalue weighted by Gasteiger charge is -2.47. The molecule has 0 fully saturated rings. The van der Waals surface area contributed by atoms with Crippen molar-refractivity contribution in [3.05, 3.63) is 271 Å². The molecule has 3 heteroatoms. The van der Waals surface area contributed by atoms with Crippen LogP contribution in [-0.4, -0.2) is 6.71 Å². The Balaban J connectivity index is 1.24. The molecule has 0 saturated carbocycles. The number of hydrogen-bond donors (Lipinski definition) is 0. The molecule has 0 unspecified atom stereocenters. The first-order valence-electron chi connectivity index (χ1n) is 30.5. The van der Waals surface area contributed by atoms with Crippen molar-refractivity contribution in [2.75, 3.05) is 9.80 Å². The summed E-state index contributed by atoms with van der Waals surface area (Å²) in [6.45, 7) is 28.2. The largest absolute Gasteiger partial charge is 0.310 e. The molecule has 0 spiro atoms.